The molecule has 0 radical (unpaired) electrons. The number of aryl methyl sites for hydroxylation is 1. The van der Waals surface area contributed by atoms with Crippen LogP contribution in [0.2, 0.25) is 0 Å². The van der Waals surface area contributed by atoms with Crippen LogP contribution in [0.25, 0.3) is 0 Å². The van der Waals surface area contributed by atoms with Gasteiger partial charge < -0.3 is 52.1 Å². The average molecular weight is 857 g/mol. The zero-order chi connectivity index (χ0) is 37.1. The Morgan fingerprint density at radius 3 is 1.08 bits per heavy atom. The van der Waals surface area contributed by atoms with Gasteiger partial charge in [-0.3, -0.25) is 0 Å². The van der Waals surface area contributed by atoms with E-state index in [1.54, 1.807) is 0 Å². The Kier molecular flexibility index (Phi) is 40.9. The number of ether oxygens (including phenoxy) is 11. The summed E-state index contributed by atoms with van der Waals surface area (Å²) in [6.45, 7) is 13.9. The molecule has 0 aliphatic carbocycles. The van der Waals surface area contributed by atoms with E-state index in [4.69, 9.17) is 52.1 Å². The molecule has 0 saturated carbocycles. The molecule has 0 unspecified atom stereocenters. The number of hydrogen-bond acceptors (Lipinski definition) is 11. The molecule has 1 aromatic rings. The molecule has 0 aliphatic heterocycles. The summed E-state index contributed by atoms with van der Waals surface area (Å²) in [4.78, 5) is 0. The predicted octanol–water partition coefficient (Wildman–Crippen LogP) is 7.13. The summed E-state index contributed by atoms with van der Waals surface area (Å²) in [5.41, 5.74) is 1.38. The molecule has 0 N–H and O–H groups in total. The summed E-state index contributed by atoms with van der Waals surface area (Å²) >= 11 is 2.42. The molecule has 0 heterocycles. The SMILES string of the molecule is CCCCCCCCc1ccc(OCCOCCOCCOCCOCCOCCOCCOCCOCCOCCOCCCCCCI)cc1. The first kappa shape index (κ1) is 49.4. The molecule has 52 heavy (non-hydrogen) atoms. The molecule has 0 aromatic heterocycles. The quantitative estimate of drug-likeness (QED) is 0.0381. The molecule has 0 amide bonds. The second-order valence-corrected chi connectivity index (χ2v) is 13.3. The first-order valence-electron chi connectivity index (χ1n) is 19.9. The summed E-state index contributed by atoms with van der Waals surface area (Å²) in [6, 6.07) is 8.45. The molecule has 1 rings (SSSR count). The number of halogens is 1. The van der Waals surface area contributed by atoms with E-state index in [-0.39, 0.29) is 0 Å². The highest BCUT2D eigenvalue weighted by molar-refractivity contribution is 14.1. The maximum Gasteiger partial charge on any atom is 0.119 e. The maximum absolute atomic E-state index is 5.78. The number of hydrogen-bond donors (Lipinski definition) is 0. The van der Waals surface area contributed by atoms with E-state index in [0.29, 0.717) is 132 Å². The maximum atomic E-state index is 5.78. The van der Waals surface area contributed by atoms with Crippen LogP contribution in [0.15, 0.2) is 24.3 Å². The van der Waals surface area contributed by atoms with Gasteiger partial charge in [-0.2, -0.15) is 0 Å². The van der Waals surface area contributed by atoms with Crippen molar-refractivity contribution in [1.82, 2.24) is 0 Å². The van der Waals surface area contributed by atoms with Crippen LogP contribution in [-0.4, -0.2) is 143 Å². The largest absolute Gasteiger partial charge is 0.491 e. The van der Waals surface area contributed by atoms with Crippen molar-refractivity contribution < 1.29 is 52.1 Å². The van der Waals surface area contributed by atoms with Gasteiger partial charge >= 0.3 is 0 Å². The molecular formula is C40H73IO11. The first-order chi connectivity index (χ1) is 25.9. The smallest absolute Gasteiger partial charge is 0.119 e. The van der Waals surface area contributed by atoms with Crippen molar-refractivity contribution in [2.75, 3.05) is 143 Å². The monoisotopic (exact) mass is 856 g/mol. The molecular weight excluding hydrogens is 783 g/mol. The first-order valence-corrected chi connectivity index (χ1v) is 21.4. The molecule has 0 bridgehead atoms. The van der Waals surface area contributed by atoms with Crippen LogP contribution in [0, 0.1) is 0 Å². The molecule has 0 fully saturated rings. The van der Waals surface area contributed by atoms with Gasteiger partial charge in [0.2, 0.25) is 0 Å². The standard InChI is InChI=1S/C40H73IO11/c1-2-3-4-5-6-9-12-39-13-15-40(16-14-39)52-38-37-51-36-35-50-34-33-49-32-31-48-30-29-47-28-27-46-26-25-45-24-23-44-22-21-43-20-19-42-18-11-8-7-10-17-41/h13-16H,2-12,17-38H2,1H3. The number of alkyl halides is 1. The highest BCUT2D eigenvalue weighted by Crippen LogP contribution is 2.15. The van der Waals surface area contributed by atoms with E-state index < -0.39 is 0 Å². The highest BCUT2D eigenvalue weighted by atomic mass is 127. The molecule has 306 valence electrons. The Morgan fingerprint density at radius 1 is 0.346 bits per heavy atom. The van der Waals surface area contributed by atoms with Crippen molar-refractivity contribution in [3.63, 3.8) is 0 Å². The van der Waals surface area contributed by atoms with Gasteiger partial charge in [-0.25, -0.2) is 0 Å². The molecule has 0 saturated heterocycles. The van der Waals surface area contributed by atoms with Gasteiger partial charge in [0.25, 0.3) is 0 Å². The van der Waals surface area contributed by atoms with E-state index in [2.05, 4.69) is 53.8 Å². The minimum atomic E-state index is 0.520. The second kappa shape index (κ2) is 43.1. The van der Waals surface area contributed by atoms with Crippen LogP contribution in [0.4, 0.5) is 0 Å². The van der Waals surface area contributed by atoms with Crippen LogP contribution in [0.3, 0.4) is 0 Å². The summed E-state index contributed by atoms with van der Waals surface area (Å²) in [6.07, 6.45) is 14.1. The van der Waals surface area contributed by atoms with Gasteiger partial charge in [0.1, 0.15) is 12.4 Å². The van der Waals surface area contributed by atoms with Gasteiger partial charge in [-0.05, 0) is 47.8 Å². The zero-order valence-electron chi connectivity index (χ0n) is 32.5. The fourth-order valence-electron chi connectivity index (χ4n) is 4.81. The Labute approximate surface area is 329 Å². The fraction of sp³-hybridized carbons (Fsp3) is 0.850. The van der Waals surface area contributed by atoms with Crippen LogP contribution >= 0.6 is 22.6 Å². The average Bonchev–Trinajstić information content (AvgIpc) is 3.16. The van der Waals surface area contributed by atoms with Crippen LogP contribution in [-0.2, 0) is 53.8 Å². The third-order valence-electron chi connectivity index (χ3n) is 7.76. The van der Waals surface area contributed by atoms with Crippen molar-refractivity contribution in [1.29, 1.82) is 0 Å². The summed E-state index contributed by atoms with van der Waals surface area (Å²) < 4.78 is 62.3. The minimum Gasteiger partial charge on any atom is -0.491 e. The fourth-order valence-corrected chi connectivity index (χ4v) is 5.35. The van der Waals surface area contributed by atoms with Gasteiger partial charge in [0.15, 0.2) is 0 Å². The number of unbranched alkanes of at least 4 members (excludes halogenated alkanes) is 8. The Morgan fingerprint density at radius 2 is 0.673 bits per heavy atom. The third-order valence-corrected chi connectivity index (χ3v) is 8.52. The van der Waals surface area contributed by atoms with Gasteiger partial charge in [0.05, 0.1) is 126 Å². The van der Waals surface area contributed by atoms with Gasteiger partial charge in [-0.15, -0.1) is 0 Å². The zero-order valence-corrected chi connectivity index (χ0v) is 34.7. The molecule has 0 aliphatic rings. The number of benzene rings is 1. The van der Waals surface area contributed by atoms with E-state index in [0.717, 1.165) is 25.2 Å². The molecule has 0 spiro atoms. The lowest BCUT2D eigenvalue weighted by Gasteiger charge is -2.09. The van der Waals surface area contributed by atoms with Crippen molar-refractivity contribution in [3.05, 3.63) is 29.8 Å². The van der Waals surface area contributed by atoms with Crippen LogP contribution in [0.1, 0.15) is 76.7 Å². The lowest BCUT2D eigenvalue weighted by atomic mass is 10.0. The van der Waals surface area contributed by atoms with Crippen molar-refractivity contribution in [2.45, 2.75) is 77.6 Å². The molecule has 11 nitrogen and oxygen atoms in total. The minimum absolute atomic E-state index is 0.520. The second-order valence-electron chi connectivity index (χ2n) is 12.2. The summed E-state index contributed by atoms with van der Waals surface area (Å²) in [7, 11) is 0. The molecule has 0 atom stereocenters. The lowest BCUT2D eigenvalue weighted by molar-refractivity contribution is -0.0267. The Balaban J connectivity index is 1.67. The highest BCUT2D eigenvalue weighted by Gasteiger charge is 1.99. The van der Waals surface area contributed by atoms with E-state index in [1.807, 2.05) is 0 Å². The summed E-state index contributed by atoms with van der Waals surface area (Å²) in [5.74, 6) is 0.888. The van der Waals surface area contributed by atoms with Crippen LogP contribution in [0.5, 0.6) is 5.75 Å². The van der Waals surface area contributed by atoms with E-state index in [9.17, 15) is 0 Å². The Bertz CT molecular complexity index is 806. The lowest BCUT2D eigenvalue weighted by Crippen LogP contribution is -2.15. The summed E-state index contributed by atoms with van der Waals surface area (Å²) in [5, 5.41) is 0. The Hall–Kier alpha value is -0.650. The third kappa shape index (κ3) is 37.7. The topological polar surface area (TPSA) is 102 Å². The van der Waals surface area contributed by atoms with Crippen LogP contribution < -0.4 is 4.74 Å². The normalized spacial score (nSPS) is 11.5. The van der Waals surface area contributed by atoms with Gasteiger partial charge in [-0.1, -0.05) is 86.6 Å². The van der Waals surface area contributed by atoms with E-state index >= 15 is 0 Å². The number of rotatable bonds is 44. The van der Waals surface area contributed by atoms with Crippen molar-refractivity contribution >= 4 is 22.6 Å². The predicted molar refractivity (Wildman–Crippen MR) is 215 cm³/mol. The van der Waals surface area contributed by atoms with Gasteiger partial charge in [0, 0.05) is 6.61 Å². The van der Waals surface area contributed by atoms with Crippen molar-refractivity contribution in [2.24, 2.45) is 0 Å². The molecule has 1 aromatic carbocycles. The molecule has 12 heteroatoms. The van der Waals surface area contributed by atoms with E-state index in [1.165, 1.54) is 67.8 Å². The van der Waals surface area contributed by atoms with Crippen molar-refractivity contribution in [3.8, 4) is 5.75 Å².